The number of non-ortho nitro benzene ring substituents is 1. The quantitative estimate of drug-likeness (QED) is 0.661. The molecule has 2 aromatic rings. The van der Waals surface area contributed by atoms with Gasteiger partial charge in [0.05, 0.1) is 16.5 Å². The summed E-state index contributed by atoms with van der Waals surface area (Å²) in [6, 6.07) is 10.1. The highest BCUT2D eigenvalue weighted by molar-refractivity contribution is 6.03. The Hall–Kier alpha value is -3.22. The van der Waals surface area contributed by atoms with E-state index in [-0.39, 0.29) is 23.9 Å². The number of carbonyl (C=O) groups is 2. The number of aryl methyl sites for hydroxylation is 3. The van der Waals surface area contributed by atoms with E-state index >= 15 is 0 Å². The van der Waals surface area contributed by atoms with Crippen LogP contribution >= 0.6 is 0 Å². The Kier molecular flexibility index (Phi) is 4.94. The molecule has 1 aliphatic heterocycles. The van der Waals surface area contributed by atoms with Crippen molar-refractivity contribution in [3.05, 3.63) is 63.2 Å². The molecule has 0 unspecified atom stereocenters. The molecule has 7 heteroatoms. The van der Waals surface area contributed by atoms with Crippen molar-refractivity contribution in [2.24, 2.45) is 5.92 Å². The molecule has 0 aromatic heterocycles. The molecular weight excluding hydrogens is 346 g/mol. The molecule has 27 heavy (non-hydrogen) atoms. The number of hydrogen-bond acceptors (Lipinski definition) is 4. The second-order valence-corrected chi connectivity index (χ2v) is 6.92. The van der Waals surface area contributed by atoms with Gasteiger partial charge in [-0.2, -0.15) is 0 Å². The lowest BCUT2D eigenvalue weighted by atomic mass is 10.1. The molecule has 0 aliphatic carbocycles. The molecule has 1 saturated heterocycles. The zero-order valence-corrected chi connectivity index (χ0v) is 15.5. The van der Waals surface area contributed by atoms with E-state index in [1.54, 1.807) is 17.9 Å². The summed E-state index contributed by atoms with van der Waals surface area (Å²) >= 11 is 0. The summed E-state index contributed by atoms with van der Waals surface area (Å²) in [6.07, 6.45) is 0.118. The third kappa shape index (κ3) is 3.81. The smallest absolute Gasteiger partial charge is 0.271 e. The summed E-state index contributed by atoms with van der Waals surface area (Å²) in [7, 11) is 0. The first-order valence-corrected chi connectivity index (χ1v) is 8.70. The first-order valence-electron chi connectivity index (χ1n) is 8.70. The van der Waals surface area contributed by atoms with E-state index in [1.165, 1.54) is 12.1 Å². The van der Waals surface area contributed by atoms with Gasteiger partial charge in [-0.25, -0.2) is 0 Å². The minimum atomic E-state index is -0.504. The van der Waals surface area contributed by atoms with Gasteiger partial charge in [-0.05, 0) is 49.6 Å². The first-order chi connectivity index (χ1) is 12.8. The summed E-state index contributed by atoms with van der Waals surface area (Å²) < 4.78 is 0. The summed E-state index contributed by atoms with van der Waals surface area (Å²) in [6.45, 7) is 6.04. The van der Waals surface area contributed by atoms with Crippen LogP contribution in [0, 0.1) is 36.8 Å². The lowest BCUT2D eigenvalue weighted by molar-refractivity contribution is -0.384. The summed E-state index contributed by atoms with van der Waals surface area (Å²) in [5, 5.41) is 13.7. The number of amides is 2. The van der Waals surface area contributed by atoms with Gasteiger partial charge in [0.25, 0.3) is 5.69 Å². The topological polar surface area (TPSA) is 92.6 Å². The molecule has 0 saturated carbocycles. The van der Waals surface area contributed by atoms with Crippen LogP contribution in [0.4, 0.5) is 17.1 Å². The highest BCUT2D eigenvalue weighted by atomic mass is 16.6. The van der Waals surface area contributed by atoms with Crippen LogP contribution < -0.4 is 10.2 Å². The predicted octanol–water partition coefficient (Wildman–Crippen LogP) is 3.51. The molecular formula is C20H21N3O4. The highest BCUT2D eigenvalue weighted by Crippen LogP contribution is 2.28. The van der Waals surface area contributed by atoms with E-state index in [1.807, 2.05) is 32.0 Å². The van der Waals surface area contributed by atoms with Crippen molar-refractivity contribution in [3.8, 4) is 0 Å². The van der Waals surface area contributed by atoms with Gasteiger partial charge < -0.3 is 10.2 Å². The van der Waals surface area contributed by atoms with Crippen molar-refractivity contribution in [1.29, 1.82) is 0 Å². The van der Waals surface area contributed by atoms with Gasteiger partial charge in [0.1, 0.15) is 0 Å². The zero-order chi connectivity index (χ0) is 19.7. The van der Waals surface area contributed by atoms with Gasteiger partial charge in [-0.1, -0.05) is 12.1 Å². The second-order valence-electron chi connectivity index (χ2n) is 6.92. The third-order valence-electron chi connectivity index (χ3n) is 4.99. The van der Waals surface area contributed by atoms with Crippen LogP contribution in [-0.4, -0.2) is 23.3 Å². The molecule has 0 radical (unpaired) electrons. The minimum absolute atomic E-state index is 0.0878. The maximum absolute atomic E-state index is 12.6. The van der Waals surface area contributed by atoms with E-state index in [0.29, 0.717) is 12.2 Å². The first kappa shape index (κ1) is 18.6. The molecule has 2 aromatic carbocycles. The normalized spacial score (nSPS) is 16.5. The Morgan fingerprint density at radius 2 is 1.81 bits per heavy atom. The van der Waals surface area contributed by atoms with Gasteiger partial charge >= 0.3 is 0 Å². The molecule has 140 valence electrons. The van der Waals surface area contributed by atoms with E-state index in [0.717, 1.165) is 22.4 Å². The zero-order valence-electron chi connectivity index (χ0n) is 15.5. The lowest BCUT2D eigenvalue weighted by Crippen LogP contribution is -2.28. The highest BCUT2D eigenvalue weighted by Gasteiger charge is 2.35. The lowest BCUT2D eigenvalue weighted by Gasteiger charge is -2.18. The SMILES string of the molecule is Cc1ccc(N2C[C@@H](C(=O)Nc3cc([N+](=O)[O-])ccc3C)CC2=O)cc1C. The fourth-order valence-electron chi connectivity index (χ4n) is 3.12. The summed E-state index contributed by atoms with van der Waals surface area (Å²) in [4.78, 5) is 37.1. The number of nitrogens with zero attached hydrogens (tertiary/aromatic N) is 2. The number of anilines is 2. The fourth-order valence-corrected chi connectivity index (χ4v) is 3.12. The van der Waals surface area contributed by atoms with Crippen LogP contribution in [0.2, 0.25) is 0 Å². The molecule has 2 amide bonds. The monoisotopic (exact) mass is 367 g/mol. The Bertz CT molecular complexity index is 939. The van der Waals surface area contributed by atoms with Crippen LogP contribution in [0.15, 0.2) is 36.4 Å². The fraction of sp³-hybridized carbons (Fsp3) is 0.300. The van der Waals surface area contributed by atoms with Crippen molar-refractivity contribution in [3.63, 3.8) is 0 Å². The largest absolute Gasteiger partial charge is 0.325 e. The summed E-state index contributed by atoms with van der Waals surface area (Å²) in [5.41, 5.74) is 4.04. The van der Waals surface area contributed by atoms with Gasteiger partial charge in [-0.3, -0.25) is 19.7 Å². The Morgan fingerprint density at radius 3 is 2.48 bits per heavy atom. The number of rotatable bonds is 4. The van der Waals surface area contributed by atoms with Crippen LogP contribution in [-0.2, 0) is 9.59 Å². The molecule has 1 fully saturated rings. The van der Waals surface area contributed by atoms with E-state index in [2.05, 4.69) is 5.32 Å². The number of benzene rings is 2. The van der Waals surface area contributed by atoms with E-state index < -0.39 is 10.8 Å². The molecule has 0 spiro atoms. The second kappa shape index (κ2) is 7.19. The number of nitro groups is 1. The minimum Gasteiger partial charge on any atom is -0.325 e. The van der Waals surface area contributed by atoms with Crippen molar-refractivity contribution in [2.45, 2.75) is 27.2 Å². The standard InChI is InChI=1S/C20H21N3O4/c1-12-4-6-16(8-14(12)3)22-11-15(9-19(22)24)20(25)21-18-10-17(23(26)27)7-5-13(18)2/h4-8,10,15H,9,11H2,1-3H3,(H,21,25)/t15-/m0/s1. The number of nitrogens with one attached hydrogen (secondary N) is 1. The van der Waals surface area contributed by atoms with Crippen molar-refractivity contribution < 1.29 is 14.5 Å². The molecule has 1 aliphatic rings. The average molecular weight is 367 g/mol. The molecule has 1 heterocycles. The van der Waals surface area contributed by atoms with Crippen LogP contribution in [0.3, 0.4) is 0 Å². The molecule has 0 bridgehead atoms. The van der Waals surface area contributed by atoms with E-state index in [9.17, 15) is 19.7 Å². The Labute approximate surface area is 157 Å². The van der Waals surface area contributed by atoms with Gasteiger partial charge in [-0.15, -0.1) is 0 Å². The van der Waals surface area contributed by atoms with Crippen LogP contribution in [0.1, 0.15) is 23.1 Å². The van der Waals surface area contributed by atoms with Crippen LogP contribution in [0.25, 0.3) is 0 Å². The molecule has 1 N–H and O–H groups in total. The van der Waals surface area contributed by atoms with Crippen molar-refractivity contribution in [1.82, 2.24) is 0 Å². The van der Waals surface area contributed by atoms with Crippen molar-refractivity contribution >= 4 is 28.9 Å². The van der Waals surface area contributed by atoms with Gasteiger partial charge in [0, 0.05) is 30.8 Å². The maximum atomic E-state index is 12.6. The number of carbonyl (C=O) groups excluding carboxylic acids is 2. The Morgan fingerprint density at radius 1 is 1.11 bits per heavy atom. The summed E-state index contributed by atoms with van der Waals surface area (Å²) in [5.74, 6) is -0.912. The van der Waals surface area contributed by atoms with Crippen LogP contribution in [0.5, 0.6) is 0 Å². The predicted molar refractivity (Wildman–Crippen MR) is 103 cm³/mol. The van der Waals surface area contributed by atoms with Gasteiger partial charge in [0.2, 0.25) is 11.8 Å². The molecule has 7 nitrogen and oxygen atoms in total. The maximum Gasteiger partial charge on any atom is 0.271 e. The number of hydrogen-bond donors (Lipinski definition) is 1. The molecule has 3 rings (SSSR count). The number of nitro benzene ring substituents is 1. The van der Waals surface area contributed by atoms with Crippen molar-refractivity contribution in [2.75, 3.05) is 16.8 Å². The Balaban J connectivity index is 1.75. The van der Waals surface area contributed by atoms with E-state index in [4.69, 9.17) is 0 Å². The average Bonchev–Trinajstić information content (AvgIpc) is 3.01. The van der Waals surface area contributed by atoms with Gasteiger partial charge in [0.15, 0.2) is 0 Å². The third-order valence-corrected chi connectivity index (χ3v) is 4.99. The molecule has 1 atom stereocenters.